The van der Waals surface area contributed by atoms with Crippen LogP contribution in [0.25, 0.3) is 5.57 Å². The first-order chi connectivity index (χ1) is 11.8. The van der Waals surface area contributed by atoms with Crippen molar-refractivity contribution in [3.8, 4) is 0 Å². The summed E-state index contributed by atoms with van der Waals surface area (Å²) in [6.07, 6.45) is 10.8. The number of nitrogens with zero attached hydrogens (tertiary/aromatic N) is 1. The van der Waals surface area contributed by atoms with E-state index in [2.05, 4.69) is 23.5 Å². The van der Waals surface area contributed by atoms with Gasteiger partial charge in [-0.1, -0.05) is 48.6 Å². The van der Waals surface area contributed by atoms with Crippen molar-refractivity contribution in [3.63, 3.8) is 0 Å². The van der Waals surface area contributed by atoms with Gasteiger partial charge in [-0.2, -0.15) is 0 Å². The lowest BCUT2D eigenvalue weighted by atomic mass is 9.93. The van der Waals surface area contributed by atoms with E-state index in [1.807, 2.05) is 37.4 Å². The molecule has 1 amide bonds. The van der Waals surface area contributed by atoms with Crippen molar-refractivity contribution in [1.82, 2.24) is 10.2 Å². The maximum Gasteiger partial charge on any atom is 0.247 e. The molecule has 0 saturated carbocycles. The third-order valence-electron chi connectivity index (χ3n) is 3.90. The Morgan fingerprint density at radius 2 is 2.04 bits per heavy atom. The van der Waals surface area contributed by atoms with Crippen LogP contribution in [-0.2, 0) is 9.59 Å². The van der Waals surface area contributed by atoms with E-state index in [1.54, 1.807) is 11.0 Å². The fourth-order valence-electron chi connectivity index (χ4n) is 2.61. The SMILES string of the molecule is CNCCN(CC=O)C(=O)/C=C(/C1=CCCC=C1)c1ccccc1. The van der Waals surface area contributed by atoms with Gasteiger partial charge >= 0.3 is 0 Å². The highest BCUT2D eigenvalue weighted by Gasteiger charge is 2.14. The van der Waals surface area contributed by atoms with Gasteiger partial charge in [0.2, 0.25) is 5.91 Å². The van der Waals surface area contributed by atoms with Gasteiger partial charge in [0.05, 0.1) is 6.54 Å². The number of aldehydes is 1. The monoisotopic (exact) mass is 324 g/mol. The number of nitrogens with one attached hydrogen (secondary N) is 1. The van der Waals surface area contributed by atoms with Crippen molar-refractivity contribution in [3.05, 3.63) is 65.8 Å². The molecule has 0 atom stereocenters. The second-order valence-corrected chi connectivity index (χ2v) is 5.62. The Kier molecular flexibility index (Phi) is 7.18. The predicted octanol–water partition coefficient (Wildman–Crippen LogP) is 2.59. The van der Waals surface area contributed by atoms with Gasteiger partial charge in [0.15, 0.2) is 0 Å². The molecule has 0 heterocycles. The summed E-state index contributed by atoms with van der Waals surface area (Å²) in [4.78, 5) is 25.1. The van der Waals surface area contributed by atoms with Crippen molar-refractivity contribution in [1.29, 1.82) is 0 Å². The highest BCUT2D eigenvalue weighted by atomic mass is 16.2. The molecule has 1 aliphatic rings. The number of benzene rings is 1. The zero-order valence-corrected chi connectivity index (χ0v) is 14.1. The zero-order chi connectivity index (χ0) is 17.2. The summed E-state index contributed by atoms with van der Waals surface area (Å²) in [5.41, 5.74) is 2.96. The highest BCUT2D eigenvalue weighted by molar-refractivity contribution is 6.00. The summed E-state index contributed by atoms with van der Waals surface area (Å²) in [7, 11) is 1.83. The van der Waals surface area contributed by atoms with E-state index in [1.165, 1.54) is 0 Å². The van der Waals surface area contributed by atoms with Gasteiger partial charge < -0.3 is 15.0 Å². The lowest BCUT2D eigenvalue weighted by Gasteiger charge is -2.20. The van der Waals surface area contributed by atoms with Crippen LogP contribution in [0.5, 0.6) is 0 Å². The predicted molar refractivity (Wildman–Crippen MR) is 97.4 cm³/mol. The van der Waals surface area contributed by atoms with E-state index in [9.17, 15) is 9.59 Å². The van der Waals surface area contributed by atoms with Gasteiger partial charge in [0.25, 0.3) is 0 Å². The molecule has 24 heavy (non-hydrogen) atoms. The van der Waals surface area contributed by atoms with E-state index < -0.39 is 0 Å². The van der Waals surface area contributed by atoms with Crippen molar-refractivity contribution >= 4 is 17.8 Å². The van der Waals surface area contributed by atoms with Crippen LogP contribution >= 0.6 is 0 Å². The standard InChI is InChI=1S/C20H24N2O2/c1-21-12-13-22(14-15-23)20(24)16-19(17-8-4-2-5-9-17)18-10-6-3-7-11-18/h2,4-6,8-11,15-16,21H,3,7,12-14H2,1H3/b19-16+. The summed E-state index contributed by atoms with van der Waals surface area (Å²) < 4.78 is 0. The fraction of sp³-hybridized carbons (Fsp3) is 0.300. The average molecular weight is 324 g/mol. The quantitative estimate of drug-likeness (QED) is 0.591. The molecule has 1 aromatic rings. The maximum atomic E-state index is 12.7. The molecular weight excluding hydrogens is 300 g/mol. The topological polar surface area (TPSA) is 49.4 Å². The minimum atomic E-state index is -0.143. The van der Waals surface area contributed by atoms with Gasteiger partial charge in [-0.25, -0.2) is 0 Å². The number of hydrogen-bond acceptors (Lipinski definition) is 3. The summed E-state index contributed by atoms with van der Waals surface area (Å²) in [5, 5.41) is 3.01. The minimum Gasteiger partial charge on any atom is -0.331 e. The van der Waals surface area contributed by atoms with E-state index in [-0.39, 0.29) is 12.5 Å². The molecule has 0 bridgehead atoms. The van der Waals surface area contributed by atoms with Gasteiger partial charge in [0, 0.05) is 19.2 Å². The van der Waals surface area contributed by atoms with Crippen LogP contribution in [-0.4, -0.2) is 43.8 Å². The normalized spacial score (nSPS) is 14.2. The Bertz CT molecular complexity index is 645. The van der Waals surface area contributed by atoms with Crippen LogP contribution in [0.1, 0.15) is 18.4 Å². The molecule has 0 aliphatic heterocycles. The average Bonchev–Trinajstić information content (AvgIpc) is 2.64. The molecule has 0 fully saturated rings. The molecule has 4 nitrogen and oxygen atoms in total. The molecule has 2 rings (SSSR count). The maximum absolute atomic E-state index is 12.7. The molecule has 0 saturated heterocycles. The van der Waals surface area contributed by atoms with Crippen molar-refractivity contribution in [2.45, 2.75) is 12.8 Å². The molecule has 0 radical (unpaired) electrons. The third kappa shape index (κ3) is 5.03. The number of carbonyl (C=O) groups is 2. The molecule has 0 aromatic heterocycles. The first kappa shape index (κ1) is 17.9. The summed E-state index contributed by atoms with van der Waals surface area (Å²) in [6, 6.07) is 9.88. The van der Waals surface area contributed by atoms with Crippen LogP contribution in [0.4, 0.5) is 0 Å². The number of amides is 1. The number of likely N-dealkylation sites (N-methyl/N-ethyl adjacent to an activating group) is 1. The molecule has 4 heteroatoms. The van der Waals surface area contributed by atoms with Gasteiger partial charge in [0.1, 0.15) is 6.29 Å². The van der Waals surface area contributed by atoms with Crippen LogP contribution < -0.4 is 5.32 Å². The van der Waals surface area contributed by atoms with Gasteiger partial charge in [-0.3, -0.25) is 4.79 Å². The third-order valence-corrected chi connectivity index (χ3v) is 3.90. The molecule has 1 aromatic carbocycles. The molecular formula is C20H24N2O2. The van der Waals surface area contributed by atoms with Gasteiger partial charge in [-0.05, 0) is 36.6 Å². The Morgan fingerprint density at radius 3 is 2.67 bits per heavy atom. The second-order valence-electron chi connectivity index (χ2n) is 5.62. The van der Waals surface area contributed by atoms with E-state index in [0.717, 1.165) is 35.8 Å². The Hall–Kier alpha value is -2.46. The van der Waals surface area contributed by atoms with E-state index in [0.29, 0.717) is 13.1 Å². The van der Waals surface area contributed by atoms with Crippen LogP contribution in [0.3, 0.4) is 0 Å². The van der Waals surface area contributed by atoms with Gasteiger partial charge in [-0.15, -0.1) is 0 Å². The first-order valence-corrected chi connectivity index (χ1v) is 8.27. The Labute approximate surface area is 143 Å². The van der Waals surface area contributed by atoms with Crippen LogP contribution in [0.2, 0.25) is 0 Å². The molecule has 126 valence electrons. The number of rotatable bonds is 8. The van der Waals surface area contributed by atoms with Crippen LogP contribution in [0.15, 0.2) is 60.2 Å². The summed E-state index contributed by atoms with van der Waals surface area (Å²) in [5.74, 6) is -0.143. The second kappa shape index (κ2) is 9.63. The lowest BCUT2D eigenvalue weighted by Crippen LogP contribution is -2.36. The Morgan fingerprint density at radius 1 is 1.25 bits per heavy atom. The van der Waals surface area contributed by atoms with Crippen molar-refractivity contribution in [2.24, 2.45) is 0 Å². The zero-order valence-electron chi connectivity index (χ0n) is 14.1. The minimum absolute atomic E-state index is 0.105. The largest absolute Gasteiger partial charge is 0.331 e. The number of carbonyl (C=O) groups excluding carboxylic acids is 2. The van der Waals surface area contributed by atoms with E-state index in [4.69, 9.17) is 0 Å². The van der Waals surface area contributed by atoms with Crippen molar-refractivity contribution < 1.29 is 9.59 Å². The number of allylic oxidation sites excluding steroid dienone is 5. The summed E-state index contributed by atoms with van der Waals surface area (Å²) in [6.45, 7) is 1.26. The molecule has 0 spiro atoms. The smallest absolute Gasteiger partial charge is 0.247 e. The Balaban J connectivity index is 2.32. The number of hydrogen-bond donors (Lipinski definition) is 1. The lowest BCUT2D eigenvalue weighted by molar-refractivity contribution is -0.128. The summed E-state index contributed by atoms with van der Waals surface area (Å²) >= 11 is 0. The fourth-order valence-corrected chi connectivity index (χ4v) is 2.61. The van der Waals surface area contributed by atoms with Crippen molar-refractivity contribution in [2.75, 3.05) is 26.7 Å². The van der Waals surface area contributed by atoms with E-state index >= 15 is 0 Å². The molecule has 1 N–H and O–H groups in total. The molecule has 1 aliphatic carbocycles. The van der Waals surface area contributed by atoms with Crippen LogP contribution in [0, 0.1) is 0 Å². The molecule has 0 unspecified atom stereocenters. The first-order valence-electron chi connectivity index (χ1n) is 8.27. The highest BCUT2D eigenvalue weighted by Crippen LogP contribution is 2.27.